The maximum Gasteiger partial charge on any atom is 0.251 e. The quantitative estimate of drug-likeness (QED) is 0.585. The van der Waals surface area contributed by atoms with Crippen molar-refractivity contribution in [3.63, 3.8) is 0 Å². The van der Waals surface area contributed by atoms with Gasteiger partial charge in [0.2, 0.25) is 5.91 Å². The highest BCUT2D eigenvalue weighted by molar-refractivity contribution is 7.09. The highest BCUT2D eigenvalue weighted by Gasteiger charge is 2.21. The summed E-state index contributed by atoms with van der Waals surface area (Å²) in [5.74, 6) is -0.492. The fourth-order valence-corrected chi connectivity index (χ4v) is 3.62. The third-order valence-corrected chi connectivity index (χ3v) is 5.45. The molecule has 0 saturated heterocycles. The predicted octanol–water partition coefficient (Wildman–Crippen LogP) is 4.10. The normalized spacial score (nSPS) is 11.6. The summed E-state index contributed by atoms with van der Waals surface area (Å²) in [7, 11) is 0. The second-order valence-electron chi connectivity index (χ2n) is 6.34. The number of benzene rings is 2. The van der Waals surface area contributed by atoms with Crippen molar-refractivity contribution in [2.75, 3.05) is 6.54 Å². The first-order valence-electron chi connectivity index (χ1n) is 9.02. The Balaban J connectivity index is 1.65. The van der Waals surface area contributed by atoms with E-state index in [0.29, 0.717) is 23.6 Å². The van der Waals surface area contributed by atoms with Gasteiger partial charge in [-0.2, -0.15) is 0 Å². The van der Waals surface area contributed by atoms with Crippen molar-refractivity contribution in [2.24, 2.45) is 0 Å². The molecule has 0 fully saturated rings. The maximum absolute atomic E-state index is 12.8. The van der Waals surface area contributed by atoms with Crippen LogP contribution in [0.1, 0.15) is 20.8 Å². The molecule has 0 saturated carbocycles. The number of nitrogens with one attached hydrogen (secondary N) is 2. The lowest BCUT2D eigenvalue weighted by Gasteiger charge is -2.19. The van der Waals surface area contributed by atoms with E-state index >= 15 is 0 Å². The largest absolute Gasteiger partial charge is 0.354 e. The van der Waals surface area contributed by atoms with Gasteiger partial charge in [-0.25, -0.2) is 0 Å². The van der Waals surface area contributed by atoms with Gasteiger partial charge >= 0.3 is 0 Å². The average Bonchev–Trinajstić information content (AvgIpc) is 3.22. The van der Waals surface area contributed by atoms with Gasteiger partial charge in [0.15, 0.2) is 0 Å². The third kappa shape index (κ3) is 5.94. The molecule has 0 aliphatic carbocycles. The Hall–Kier alpha value is -2.63. The average molecular weight is 413 g/mol. The number of halogens is 1. The number of hydrogen-bond acceptors (Lipinski definition) is 3. The van der Waals surface area contributed by atoms with E-state index < -0.39 is 6.04 Å². The topological polar surface area (TPSA) is 58.2 Å². The van der Waals surface area contributed by atoms with Gasteiger partial charge in [-0.1, -0.05) is 48.0 Å². The molecule has 1 heterocycles. The van der Waals surface area contributed by atoms with Crippen LogP contribution >= 0.6 is 22.9 Å². The standard InChI is InChI=1S/C22H21ClN2O2S/c23-18-10-8-17(9-11-18)21(26)25-20(15-16-5-2-1-3-6-16)22(27)24-13-12-19-7-4-14-28-19/h1-11,14,20H,12-13,15H2,(H,24,27)(H,25,26). The van der Waals surface area contributed by atoms with Gasteiger partial charge in [0.25, 0.3) is 5.91 Å². The third-order valence-electron chi connectivity index (χ3n) is 4.26. The lowest BCUT2D eigenvalue weighted by atomic mass is 10.0. The van der Waals surface area contributed by atoms with Crippen LogP contribution in [-0.2, 0) is 17.6 Å². The minimum Gasteiger partial charge on any atom is -0.354 e. The van der Waals surface area contributed by atoms with Crippen LogP contribution in [0.15, 0.2) is 72.1 Å². The summed E-state index contributed by atoms with van der Waals surface area (Å²) in [5, 5.41) is 8.37. The van der Waals surface area contributed by atoms with E-state index in [0.717, 1.165) is 12.0 Å². The summed E-state index contributed by atoms with van der Waals surface area (Å²) in [6.45, 7) is 0.529. The SMILES string of the molecule is O=C(NC(Cc1ccccc1)C(=O)NCCc1cccs1)c1ccc(Cl)cc1. The Morgan fingerprint density at radius 1 is 0.964 bits per heavy atom. The van der Waals surface area contributed by atoms with Gasteiger partial charge < -0.3 is 10.6 Å². The lowest BCUT2D eigenvalue weighted by molar-refractivity contribution is -0.122. The summed E-state index contributed by atoms with van der Waals surface area (Å²) >= 11 is 7.55. The zero-order chi connectivity index (χ0) is 19.8. The second kappa shape index (κ2) is 10.1. The van der Waals surface area contributed by atoms with E-state index in [4.69, 9.17) is 11.6 Å². The molecule has 0 radical (unpaired) electrons. The van der Waals surface area contributed by atoms with E-state index in [1.54, 1.807) is 35.6 Å². The zero-order valence-corrected chi connectivity index (χ0v) is 16.8. The molecule has 28 heavy (non-hydrogen) atoms. The number of carbonyl (C=O) groups is 2. The number of rotatable bonds is 8. The minimum absolute atomic E-state index is 0.192. The summed E-state index contributed by atoms with van der Waals surface area (Å²) in [6.07, 6.45) is 1.19. The highest BCUT2D eigenvalue weighted by atomic mass is 35.5. The molecule has 0 aliphatic rings. The Morgan fingerprint density at radius 2 is 1.71 bits per heavy atom. The van der Waals surface area contributed by atoms with Crippen LogP contribution in [0, 0.1) is 0 Å². The molecule has 0 spiro atoms. The van der Waals surface area contributed by atoms with E-state index in [2.05, 4.69) is 10.6 Å². The molecular weight excluding hydrogens is 392 g/mol. The predicted molar refractivity (Wildman–Crippen MR) is 114 cm³/mol. The van der Waals surface area contributed by atoms with Crippen LogP contribution in [-0.4, -0.2) is 24.4 Å². The first kappa shape index (κ1) is 20.1. The Labute approximate surface area is 173 Å². The number of hydrogen-bond donors (Lipinski definition) is 2. The van der Waals surface area contributed by atoms with E-state index in [1.165, 1.54) is 4.88 Å². The van der Waals surface area contributed by atoms with Crippen molar-refractivity contribution >= 4 is 34.8 Å². The molecule has 2 aromatic carbocycles. The van der Waals surface area contributed by atoms with E-state index in [1.807, 2.05) is 47.8 Å². The second-order valence-corrected chi connectivity index (χ2v) is 7.81. The first-order valence-corrected chi connectivity index (χ1v) is 10.3. The first-order chi connectivity index (χ1) is 13.6. The summed E-state index contributed by atoms with van der Waals surface area (Å²) < 4.78 is 0. The van der Waals surface area contributed by atoms with Crippen LogP contribution < -0.4 is 10.6 Å². The fraction of sp³-hybridized carbons (Fsp3) is 0.182. The minimum atomic E-state index is -0.658. The van der Waals surface area contributed by atoms with Crippen molar-refractivity contribution < 1.29 is 9.59 Å². The number of carbonyl (C=O) groups excluding carboxylic acids is 2. The molecule has 0 bridgehead atoms. The molecule has 0 aliphatic heterocycles. The van der Waals surface area contributed by atoms with Crippen molar-refractivity contribution in [2.45, 2.75) is 18.9 Å². The molecule has 3 rings (SSSR count). The van der Waals surface area contributed by atoms with Crippen LogP contribution in [0.5, 0.6) is 0 Å². The molecule has 1 unspecified atom stereocenters. The monoisotopic (exact) mass is 412 g/mol. The molecule has 4 nitrogen and oxygen atoms in total. The van der Waals surface area contributed by atoms with Gasteiger partial charge in [0.05, 0.1) is 0 Å². The molecule has 3 aromatic rings. The molecule has 1 aromatic heterocycles. The maximum atomic E-state index is 12.8. The van der Waals surface area contributed by atoms with Crippen LogP contribution in [0.2, 0.25) is 5.02 Å². The molecule has 2 amide bonds. The van der Waals surface area contributed by atoms with Crippen molar-refractivity contribution in [1.29, 1.82) is 0 Å². The fourth-order valence-electron chi connectivity index (χ4n) is 2.79. The van der Waals surface area contributed by atoms with Gasteiger partial charge in [-0.3, -0.25) is 9.59 Å². The Morgan fingerprint density at radius 3 is 2.39 bits per heavy atom. The van der Waals surface area contributed by atoms with Crippen molar-refractivity contribution in [1.82, 2.24) is 10.6 Å². The van der Waals surface area contributed by atoms with Gasteiger partial charge in [-0.15, -0.1) is 11.3 Å². The smallest absolute Gasteiger partial charge is 0.251 e. The number of thiophene rings is 1. The van der Waals surface area contributed by atoms with Gasteiger partial charge in [0.1, 0.15) is 6.04 Å². The van der Waals surface area contributed by atoms with Crippen molar-refractivity contribution in [3.8, 4) is 0 Å². The summed E-state index contributed by atoms with van der Waals surface area (Å²) in [4.78, 5) is 26.6. The summed E-state index contributed by atoms with van der Waals surface area (Å²) in [6, 6.07) is 19.6. The highest BCUT2D eigenvalue weighted by Crippen LogP contribution is 2.11. The lowest BCUT2D eigenvalue weighted by Crippen LogP contribution is -2.48. The zero-order valence-electron chi connectivity index (χ0n) is 15.2. The summed E-state index contributed by atoms with van der Waals surface area (Å²) in [5.41, 5.74) is 1.45. The van der Waals surface area contributed by atoms with E-state index in [-0.39, 0.29) is 11.8 Å². The Bertz CT molecular complexity index is 896. The molecule has 2 N–H and O–H groups in total. The Kier molecular flexibility index (Phi) is 7.23. The number of amides is 2. The van der Waals surface area contributed by atoms with E-state index in [9.17, 15) is 9.59 Å². The van der Waals surface area contributed by atoms with Crippen LogP contribution in [0.25, 0.3) is 0 Å². The van der Waals surface area contributed by atoms with Crippen LogP contribution in [0.3, 0.4) is 0 Å². The molecular formula is C22H21ClN2O2S. The molecule has 144 valence electrons. The van der Waals surface area contributed by atoms with Gasteiger partial charge in [-0.05, 0) is 47.7 Å². The van der Waals surface area contributed by atoms with Gasteiger partial charge in [0, 0.05) is 28.4 Å². The van der Waals surface area contributed by atoms with Crippen LogP contribution in [0.4, 0.5) is 0 Å². The molecule has 6 heteroatoms. The van der Waals surface area contributed by atoms with Crippen molar-refractivity contribution in [3.05, 3.63) is 93.1 Å². The molecule has 1 atom stereocenters.